The standard InChI is InChI=1S/C24H35ClN2/c25-24-15-13-23(14-16-24)17-21-27-19-8-2-1-7-18-26-20-9-6-12-22-10-4-3-5-11-22/h3-5,10-11,13-16,26-27H,1-2,6-9,12,17-21H2. The highest BCUT2D eigenvalue weighted by molar-refractivity contribution is 6.30. The second kappa shape index (κ2) is 14.7. The topological polar surface area (TPSA) is 24.1 Å². The van der Waals surface area contributed by atoms with Gasteiger partial charge in [-0.05, 0) is 88.0 Å². The number of rotatable bonds is 15. The first-order valence-corrected chi connectivity index (χ1v) is 10.9. The maximum absolute atomic E-state index is 5.90. The summed E-state index contributed by atoms with van der Waals surface area (Å²) in [5, 5.41) is 7.93. The third-order valence-corrected chi connectivity index (χ3v) is 5.12. The molecule has 0 aliphatic carbocycles. The summed E-state index contributed by atoms with van der Waals surface area (Å²) in [6.45, 7) is 4.49. The number of hydrogen-bond acceptors (Lipinski definition) is 2. The van der Waals surface area contributed by atoms with Crippen molar-refractivity contribution in [1.82, 2.24) is 10.6 Å². The minimum absolute atomic E-state index is 0.813. The van der Waals surface area contributed by atoms with Crippen LogP contribution < -0.4 is 10.6 Å². The fourth-order valence-corrected chi connectivity index (χ4v) is 3.34. The van der Waals surface area contributed by atoms with Crippen molar-refractivity contribution in [3.05, 3.63) is 70.7 Å². The number of halogens is 1. The summed E-state index contributed by atoms with van der Waals surface area (Å²) in [5.74, 6) is 0. The van der Waals surface area contributed by atoms with Crippen molar-refractivity contribution in [3.8, 4) is 0 Å². The molecule has 2 aromatic rings. The average molecular weight is 387 g/mol. The monoisotopic (exact) mass is 386 g/mol. The van der Waals surface area contributed by atoms with Crippen LogP contribution in [0.25, 0.3) is 0 Å². The molecule has 2 rings (SSSR count). The molecule has 0 bridgehead atoms. The number of aryl methyl sites for hydroxylation is 1. The first kappa shape index (κ1) is 21.9. The van der Waals surface area contributed by atoms with E-state index in [4.69, 9.17) is 11.6 Å². The van der Waals surface area contributed by atoms with Crippen molar-refractivity contribution in [3.63, 3.8) is 0 Å². The summed E-state index contributed by atoms with van der Waals surface area (Å²) in [6.07, 6.45) is 10.0. The SMILES string of the molecule is Clc1ccc(CCNCCCCCCNCCCCc2ccccc2)cc1. The molecule has 3 heteroatoms. The predicted molar refractivity (Wildman–Crippen MR) is 119 cm³/mol. The number of unbranched alkanes of at least 4 members (excludes halogenated alkanes) is 4. The zero-order valence-electron chi connectivity index (χ0n) is 16.6. The minimum atomic E-state index is 0.813. The van der Waals surface area contributed by atoms with E-state index < -0.39 is 0 Å². The largest absolute Gasteiger partial charge is 0.317 e. The van der Waals surface area contributed by atoms with Gasteiger partial charge in [0, 0.05) is 5.02 Å². The van der Waals surface area contributed by atoms with Gasteiger partial charge in [0.15, 0.2) is 0 Å². The number of nitrogens with one attached hydrogen (secondary N) is 2. The highest BCUT2D eigenvalue weighted by Gasteiger charge is 1.95. The molecule has 0 aliphatic rings. The molecule has 0 atom stereocenters. The molecule has 27 heavy (non-hydrogen) atoms. The van der Waals surface area contributed by atoms with Gasteiger partial charge in [0.1, 0.15) is 0 Å². The molecule has 0 spiro atoms. The van der Waals surface area contributed by atoms with Crippen molar-refractivity contribution in [2.75, 3.05) is 26.2 Å². The Morgan fingerprint density at radius 1 is 0.519 bits per heavy atom. The molecule has 0 amide bonds. The van der Waals surface area contributed by atoms with Crippen LogP contribution in [0.5, 0.6) is 0 Å². The maximum atomic E-state index is 5.90. The van der Waals surface area contributed by atoms with Gasteiger partial charge in [-0.25, -0.2) is 0 Å². The molecule has 2 aromatic carbocycles. The molecule has 0 aromatic heterocycles. The van der Waals surface area contributed by atoms with Crippen molar-refractivity contribution >= 4 is 11.6 Å². The van der Waals surface area contributed by atoms with Gasteiger partial charge in [-0.1, -0.05) is 66.9 Å². The van der Waals surface area contributed by atoms with Crippen molar-refractivity contribution in [1.29, 1.82) is 0 Å². The second-order valence-corrected chi connectivity index (χ2v) is 7.67. The van der Waals surface area contributed by atoms with Gasteiger partial charge in [0.05, 0.1) is 0 Å². The molecule has 0 aliphatic heterocycles. The molecule has 0 saturated heterocycles. The van der Waals surface area contributed by atoms with E-state index in [0.29, 0.717) is 0 Å². The van der Waals surface area contributed by atoms with Gasteiger partial charge in [-0.15, -0.1) is 0 Å². The molecule has 2 nitrogen and oxygen atoms in total. The lowest BCUT2D eigenvalue weighted by atomic mass is 10.1. The summed E-state index contributed by atoms with van der Waals surface area (Å²) >= 11 is 5.90. The van der Waals surface area contributed by atoms with Crippen molar-refractivity contribution in [2.45, 2.75) is 51.4 Å². The Bertz CT molecular complexity index is 583. The summed E-state index contributed by atoms with van der Waals surface area (Å²) in [6, 6.07) is 18.9. The Hall–Kier alpha value is -1.35. The van der Waals surface area contributed by atoms with E-state index in [2.05, 4.69) is 53.1 Å². The highest BCUT2D eigenvalue weighted by Crippen LogP contribution is 2.09. The van der Waals surface area contributed by atoms with Crippen LogP contribution in [-0.4, -0.2) is 26.2 Å². The zero-order chi connectivity index (χ0) is 19.0. The summed E-state index contributed by atoms with van der Waals surface area (Å²) < 4.78 is 0. The molecule has 0 saturated carbocycles. The lowest BCUT2D eigenvalue weighted by Crippen LogP contribution is -2.19. The van der Waals surface area contributed by atoms with Gasteiger partial charge in [-0.3, -0.25) is 0 Å². The van der Waals surface area contributed by atoms with Crippen LogP contribution in [-0.2, 0) is 12.8 Å². The Morgan fingerprint density at radius 3 is 1.74 bits per heavy atom. The normalized spacial score (nSPS) is 11.0. The third kappa shape index (κ3) is 11.2. The molecule has 0 unspecified atom stereocenters. The van der Waals surface area contributed by atoms with Crippen LogP contribution in [0.2, 0.25) is 5.02 Å². The fraction of sp³-hybridized carbons (Fsp3) is 0.500. The molecular weight excluding hydrogens is 352 g/mol. The van der Waals surface area contributed by atoms with E-state index in [1.54, 1.807) is 0 Å². The van der Waals surface area contributed by atoms with Gasteiger partial charge in [-0.2, -0.15) is 0 Å². The fourth-order valence-electron chi connectivity index (χ4n) is 3.21. The molecular formula is C24H35ClN2. The Labute approximate surface area is 170 Å². The number of benzene rings is 2. The van der Waals surface area contributed by atoms with Crippen molar-refractivity contribution < 1.29 is 0 Å². The minimum Gasteiger partial charge on any atom is -0.317 e. The van der Waals surface area contributed by atoms with Gasteiger partial charge in [0.25, 0.3) is 0 Å². The van der Waals surface area contributed by atoms with E-state index in [1.165, 1.54) is 56.1 Å². The zero-order valence-corrected chi connectivity index (χ0v) is 17.3. The average Bonchev–Trinajstić information content (AvgIpc) is 2.70. The van der Waals surface area contributed by atoms with Gasteiger partial charge >= 0.3 is 0 Å². The molecule has 148 valence electrons. The quantitative estimate of drug-likeness (QED) is 0.387. The van der Waals surface area contributed by atoms with Gasteiger partial charge in [0.2, 0.25) is 0 Å². The van der Waals surface area contributed by atoms with Gasteiger partial charge < -0.3 is 10.6 Å². The van der Waals surface area contributed by atoms with Crippen LogP contribution in [0.1, 0.15) is 49.7 Å². The number of hydrogen-bond donors (Lipinski definition) is 2. The summed E-state index contributed by atoms with van der Waals surface area (Å²) in [4.78, 5) is 0. The van der Waals surface area contributed by atoms with Crippen LogP contribution in [0.15, 0.2) is 54.6 Å². The van der Waals surface area contributed by atoms with Crippen LogP contribution in [0.3, 0.4) is 0 Å². The first-order chi connectivity index (χ1) is 13.3. The van der Waals surface area contributed by atoms with E-state index in [1.807, 2.05) is 12.1 Å². The lowest BCUT2D eigenvalue weighted by molar-refractivity contribution is 0.553. The lowest BCUT2D eigenvalue weighted by Gasteiger charge is -2.06. The molecule has 2 N–H and O–H groups in total. The highest BCUT2D eigenvalue weighted by atomic mass is 35.5. The summed E-state index contributed by atoms with van der Waals surface area (Å²) in [5.41, 5.74) is 2.81. The predicted octanol–water partition coefficient (Wildman–Crippen LogP) is 5.65. The summed E-state index contributed by atoms with van der Waals surface area (Å²) in [7, 11) is 0. The molecule has 0 fully saturated rings. The Balaban J connectivity index is 1.29. The van der Waals surface area contributed by atoms with E-state index in [-0.39, 0.29) is 0 Å². The van der Waals surface area contributed by atoms with Crippen LogP contribution in [0, 0.1) is 0 Å². The molecule has 0 heterocycles. The third-order valence-electron chi connectivity index (χ3n) is 4.87. The molecule has 0 radical (unpaired) electrons. The maximum Gasteiger partial charge on any atom is 0.0406 e. The van der Waals surface area contributed by atoms with Crippen molar-refractivity contribution in [2.24, 2.45) is 0 Å². The second-order valence-electron chi connectivity index (χ2n) is 7.23. The van der Waals surface area contributed by atoms with Crippen LogP contribution >= 0.6 is 11.6 Å². The first-order valence-electron chi connectivity index (χ1n) is 10.5. The van der Waals surface area contributed by atoms with E-state index in [0.717, 1.165) is 37.6 Å². The van der Waals surface area contributed by atoms with E-state index in [9.17, 15) is 0 Å². The van der Waals surface area contributed by atoms with E-state index >= 15 is 0 Å². The smallest absolute Gasteiger partial charge is 0.0406 e. The Kier molecular flexibility index (Phi) is 11.9. The Morgan fingerprint density at radius 2 is 1.07 bits per heavy atom. The van der Waals surface area contributed by atoms with Crippen LogP contribution in [0.4, 0.5) is 0 Å².